The Morgan fingerprint density at radius 1 is 1.22 bits per heavy atom. The van der Waals surface area contributed by atoms with E-state index < -0.39 is 28.8 Å². The molecule has 0 saturated heterocycles. The molecule has 142 valence electrons. The molecule has 27 heavy (non-hydrogen) atoms. The molecule has 0 unspecified atom stereocenters. The molecule has 0 aliphatic heterocycles. The number of benzene rings is 1. The van der Waals surface area contributed by atoms with Crippen LogP contribution >= 0.6 is 0 Å². The summed E-state index contributed by atoms with van der Waals surface area (Å²) >= 11 is 0. The summed E-state index contributed by atoms with van der Waals surface area (Å²) < 4.78 is 9.94. The number of carbonyl (C=O) groups is 2. The van der Waals surface area contributed by atoms with Gasteiger partial charge in [0, 0.05) is 11.8 Å². The summed E-state index contributed by atoms with van der Waals surface area (Å²) in [6.07, 6.45) is 1.25. The molecule has 0 aliphatic rings. The Kier molecular flexibility index (Phi) is 6.12. The molecule has 1 aromatic heterocycles. The van der Waals surface area contributed by atoms with Gasteiger partial charge in [0.05, 0.1) is 6.07 Å². The lowest BCUT2D eigenvalue weighted by Crippen LogP contribution is -2.30. The van der Waals surface area contributed by atoms with Crippen molar-refractivity contribution >= 4 is 29.5 Å². The molecule has 0 fully saturated rings. The van der Waals surface area contributed by atoms with Gasteiger partial charge in [-0.15, -0.1) is 0 Å². The smallest absolute Gasteiger partial charge is 0.433 e. The Bertz CT molecular complexity index is 890. The Labute approximate surface area is 156 Å². The lowest BCUT2D eigenvalue weighted by atomic mass is 10.0. The summed E-state index contributed by atoms with van der Waals surface area (Å²) in [7, 11) is 0. The Morgan fingerprint density at radius 2 is 1.85 bits per heavy atom. The molecule has 0 saturated carbocycles. The van der Waals surface area contributed by atoms with Crippen LogP contribution in [0.2, 0.25) is 0 Å². The first-order valence-corrected chi connectivity index (χ1v) is 8.19. The number of hydrogen-bond acceptors (Lipinski definition) is 6. The van der Waals surface area contributed by atoms with Crippen molar-refractivity contribution in [1.29, 1.82) is 0 Å². The third-order valence-corrected chi connectivity index (χ3v) is 3.76. The molecular weight excluding hydrogens is 352 g/mol. The number of rotatable bonds is 6. The molecule has 8 nitrogen and oxygen atoms in total. The molecule has 1 heterocycles. The maximum Gasteiger partial charge on any atom is 0.433 e. The van der Waals surface area contributed by atoms with Gasteiger partial charge in [-0.25, -0.2) is 4.79 Å². The van der Waals surface area contributed by atoms with Crippen molar-refractivity contribution in [3.8, 4) is 0 Å². The number of ether oxygens (including phenoxy) is 1. The highest BCUT2D eigenvalue weighted by Gasteiger charge is 2.18. The Balaban J connectivity index is 1.96. The first-order valence-electron chi connectivity index (χ1n) is 8.19. The standard InChI is InChI=1S/C19H20N2O6/c1-11-9-12(2)18(13(3)10-11)20-19(23)14(4)26-17(22)8-6-15-5-7-16(27-15)21(24)25/h5-10,14H,1-4H3,(H,20,23)/b8-6+/t14-/m0/s1. The van der Waals surface area contributed by atoms with Crippen molar-refractivity contribution in [1.82, 2.24) is 0 Å². The predicted molar refractivity (Wildman–Crippen MR) is 99.2 cm³/mol. The highest BCUT2D eigenvalue weighted by molar-refractivity contribution is 5.97. The van der Waals surface area contributed by atoms with E-state index in [4.69, 9.17) is 9.15 Å². The summed E-state index contributed by atoms with van der Waals surface area (Å²) in [6.45, 7) is 7.20. The highest BCUT2D eigenvalue weighted by Crippen LogP contribution is 2.22. The van der Waals surface area contributed by atoms with E-state index >= 15 is 0 Å². The molecule has 2 aromatic rings. The van der Waals surface area contributed by atoms with E-state index in [-0.39, 0.29) is 5.76 Å². The third kappa shape index (κ3) is 5.27. The topological polar surface area (TPSA) is 112 Å². The molecule has 1 atom stereocenters. The fourth-order valence-corrected chi connectivity index (χ4v) is 2.55. The van der Waals surface area contributed by atoms with E-state index in [1.165, 1.54) is 25.1 Å². The number of aryl methyl sites for hydroxylation is 3. The second-order valence-corrected chi connectivity index (χ2v) is 6.11. The van der Waals surface area contributed by atoms with Gasteiger partial charge in [-0.3, -0.25) is 14.9 Å². The summed E-state index contributed by atoms with van der Waals surface area (Å²) in [5, 5.41) is 13.3. The van der Waals surface area contributed by atoms with E-state index in [9.17, 15) is 19.7 Å². The zero-order chi connectivity index (χ0) is 20.1. The summed E-state index contributed by atoms with van der Waals surface area (Å²) in [4.78, 5) is 34.0. The van der Waals surface area contributed by atoms with Crippen LogP contribution in [0.1, 0.15) is 29.4 Å². The number of nitrogens with zero attached hydrogens (tertiary/aromatic N) is 1. The van der Waals surface area contributed by atoms with Gasteiger partial charge in [-0.2, -0.15) is 0 Å². The molecule has 1 aromatic carbocycles. The van der Waals surface area contributed by atoms with Gasteiger partial charge in [0.2, 0.25) is 0 Å². The van der Waals surface area contributed by atoms with E-state index in [0.717, 1.165) is 22.8 Å². The lowest BCUT2D eigenvalue weighted by molar-refractivity contribution is -0.402. The largest absolute Gasteiger partial charge is 0.449 e. The number of nitrogens with one attached hydrogen (secondary N) is 1. The Hall–Kier alpha value is -3.42. The molecule has 8 heteroatoms. The van der Waals surface area contributed by atoms with E-state index in [0.29, 0.717) is 5.69 Å². The molecule has 1 amide bonds. The number of hydrogen-bond donors (Lipinski definition) is 1. The molecule has 0 radical (unpaired) electrons. The number of amides is 1. The van der Waals surface area contributed by atoms with Gasteiger partial charge in [0.1, 0.15) is 10.7 Å². The van der Waals surface area contributed by atoms with Gasteiger partial charge < -0.3 is 14.5 Å². The summed E-state index contributed by atoms with van der Waals surface area (Å²) in [5.74, 6) is -1.53. The van der Waals surface area contributed by atoms with Crippen LogP contribution in [0.25, 0.3) is 6.08 Å². The van der Waals surface area contributed by atoms with Crippen molar-refractivity contribution < 1.29 is 23.7 Å². The molecular formula is C19H20N2O6. The molecule has 1 N–H and O–H groups in total. The second-order valence-electron chi connectivity index (χ2n) is 6.11. The van der Waals surface area contributed by atoms with E-state index in [2.05, 4.69) is 5.32 Å². The molecule has 0 bridgehead atoms. The van der Waals surface area contributed by atoms with Gasteiger partial charge >= 0.3 is 11.9 Å². The van der Waals surface area contributed by atoms with Gasteiger partial charge in [-0.1, -0.05) is 17.7 Å². The van der Waals surface area contributed by atoms with Crippen LogP contribution in [0.3, 0.4) is 0 Å². The summed E-state index contributed by atoms with van der Waals surface area (Å²) in [6, 6.07) is 6.42. The van der Waals surface area contributed by atoms with Crippen molar-refractivity contribution in [3.63, 3.8) is 0 Å². The average molecular weight is 372 g/mol. The van der Waals surface area contributed by atoms with Crippen LogP contribution in [-0.4, -0.2) is 22.9 Å². The third-order valence-electron chi connectivity index (χ3n) is 3.76. The molecule has 2 rings (SSSR count). The van der Waals surface area contributed by atoms with Crippen LogP contribution < -0.4 is 5.32 Å². The minimum absolute atomic E-state index is 0.127. The van der Waals surface area contributed by atoms with Crippen LogP contribution in [0.5, 0.6) is 0 Å². The number of anilines is 1. The first kappa shape index (κ1) is 19.9. The first-order chi connectivity index (χ1) is 12.7. The van der Waals surface area contributed by atoms with E-state index in [1.807, 2.05) is 32.9 Å². The van der Waals surface area contributed by atoms with Crippen molar-refractivity contribution in [2.45, 2.75) is 33.8 Å². The normalized spacial score (nSPS) is 12.0. The van der Waals surface area contributed by atoms with Crippen LogP contribution in [0.15, 0.2) is 34.8 Å². The zero-order valence-electron chi connectivity index (χ0n) is 15.4. The molecule has 0 spiro atoms. The van der Waals surface area contributed by atoms with Crippen molar-refractivity contribution in [3.05, 3.63) is 62.9 Å². The monoisotopic (exact) mass is 372 g/mol. The number of carbonyl (C=O) groups excluding carboxylic acids is 2. The fourth-order valence-electron chi connectivity index (χ4n) is 2.55. The SMILES string of the molecule is Cc1cc(C)c(NC(=O)[C@H](C)OC(=O)/C=C/c2ccc([N+](=O)[O-])o2)c(C)c1. The number of furan rings is 1. The zero-order valence-corrected chi connectivity index (χ0v) is 15.4. The van der Waals surface area contributed by atoms with Gasteiger partial charge in [0.15, 0.2) is 6.10 Å². The van der Waals surface area contributed by atoms with Gasteiger partial charge in [0.25, 0.3) is 5.91 Å². The Morgan fingerprint density at radius 3 is 2.41 bits per heavy atom. The van der Waals surface area contributed by atoms with Crippen LogP contribution in [0.4, 0.5) is 11.6 Å². The number of esters is 1. The minimum Gasteiger partial charge on any atom is -0.449 e. The highest BCUT2D eigenvalue weighted by atomic mass is 16.6. The van der Waals surface area contributed by atoms with E-state index in [1.54, 1.807) is 0 Å². The van der Waals surface area contributed by atoms with Crippen molar-refractivity contribution in [2.24, 2.45) is 0 Å². The van der Waals surface area contributed by atoms with Crippen LogP contribution in [-0.2, 0) is 14.3 Å². The van der Waals surface area contributed by atoms with Crippen LogP contribution in [0, 0.1) is 30.9 Å². The van der Waals surface area contributed by atoms with Gasteiger partial charge in [-0.05, 0) is 51.0 Å². The summed E-state index contributed by atoms with van der Waals surface area (Å²) in [5.41, 5.74) is 3.61. The lowest BCUT2D eigenvalue weighted by Gasteiger charge is -2.16. The quantitative estimate of drug-likeness (QED) is 0.358. The fraction of sp³-hybridized carbons (Fsp3) is 0.263. The maximum absolute atomic E-state index is 12.3. The average Bonchev–Trinajstić information content (AvgIpc) is 3.05. The minimum atomic E-state index is -1.02. The maximum atomic E-state index is 12.3. The predicted octanol–water partition coefficient (Wildman–Crippen LogP) is 3.70. The number of nitro groups is 1. The molecule has 0 aliphatic carbocycles. The second kappa shape index (κ2) is 8.31. The van der Waals surface area contributed by atoms with Crippen molar-refractivity contribution in [2.75, 3.05) is 5.32 Å².